The SMILES string of the molecule is CC(C)(C)OC(=O)NCCNC1CCCC1. The molecule has 2 N–H and O–H groups in total. The summed E-state index contributed by atoms with van der Waals surface area (Å²) in [6.07, 6.45) is 4.87. The van der Waals surface area contributed by atoms with Gasteiger partial charge in [-0.2, -0.15) is 0 Å². The summed E-state index contributed by atoms with van der Waals surface area (Å²) in [5.41, 5.74) is -0.414. The van der Waals surface area contributed by atoms with Crippen LogP contribution in [0.5, 0.6) is 0 Å². The van der Waals surface area contributed by atoms with Crippen LogP contribution in [0.3, 0.4) is 0 Å². The quantitative estimate of drug-likeness (QED) is 0.724. The first-order valence-corrected chi connectivity index (χ1v) is 6.17. The van der Waals surface area contributed by atoms with E-state index in [0.717, 1.165) is 6.54 Å². The number of ether oxygens (including phenoxy) is 1. The van der Waals surface area contributed by atoms with Crippen molar-refractivity contribution in [2.45, 2.75) is 58.1 Å². The molecule has 0 aromatic rings. The van der Waals surface area contributed by atoms with Crippen molar-refractivity contribution < 1.29 is 9.53 Å². The molecule has 1 aliphatic carbocycles. The zero-order chi connectivity index (χ0) is 12.0. The normalized spacial score (nSPS) is 17.4. The van der Waals surface area contributed by atoms with Crippen molar-refractivity contribution in [1.29, 1.82) is 0 Å². The van der Waals surface area contributed by atoms with E-state index in [9.17, 15) is 4.79 Å². The van der Waals surface area contributed by atoms with Gasteiger partial charge in [0.25, 0.3) is 0 Å². The summed E-state index contributed by atoms with van der Waals surface area (Å²) in [7, 11) is 0. The number of carbonyl (C=O) groups excluding carboxylic acids is 1. The van der Waals surface area contributed by atoms with Crippen LogP contribution in [0.25, 0.3) is 0 Å². The number of nitrogens with one attached hydrogen (secondary N) is 2. The second-order valence-corrected chi connectivity index (χ2v) is 5.36. The van der Waals surface area contributed by atoms with E-state index in [-0.39, 0.29) is 6.09 Å². The third-order valence-electron chi connectivity index (χ3n) is 2.58. The Labute approximate surface area is 98.1 Å². The fourth-order valence-corrected chi connectivity index (χ4v) is 1.88. The molecule has 1 fully saturated rings. The van der Waals surface area contributed by atoms with Crippen molar-refractivity contribution in [1.82, 2.24) is 10.6 Å². The van der Waals surface area contributed by atoms with E-state index >= 15 is 0 Å². The molecule has 1 aliphatic rings. The fraction of sp³-hybridized carbons (Fsp3) is 0.917. The standard InChI is InChI=1S/C12H24N2O2/c1-12(2,3)16-11(15)14-9-8-13-10-6-4-5-7-10/h10,13H,4-9H2,1-3H3,(H,14,15). The first-order chi connectivity index (χ1) is 7.47. The summed E-state index contributed by atoms with van der Waals surface area (Å²) < 4.78 is 5.13. The van der Waals surface area contributed by atoms with Crippen molar-refractivity contribution in [2.24, 2.45) is 0 Å². The molecule has 16 heavy (non-hydrogen) atoms. The Bertz CT molecular complexity index is 218. The monoisotopic (exact) mass is 228 g/mol. The summed E-state index contributed by atoms with van der Waals surface area (Å²) in [5, 5.41) is 6.17. The minimum atomic E-state index is -0.414. The van der Waals surface area contributed by atoms with Crippen LogP contribution < -0.4 is 10.6 Å². The number of rotatable bonds is 4. The van der Waals surface area contributed by atoms with Gasteiger partial charge < -0.3 is 15.4 Å². The van der Waals surface area contributed by atoms with E-state index < -0.39 is 5.60 Å². The number of amides is 1. The third kappa shape index (κ3) is 5.95. The zero-order valence-electron chi connectivity index (χ0n) is 10.6. The maximum atomic E-state index is 11.3. The van der Waals surface area contributed by atoms with Gasteiger partial charge in [-0.15, -0.1) is 0 Å². The highest BCUT2D eigenvalue weighted by Crippen LogP contribution is 2.17. The molecule has 0 spiro atoms. The Balaban J connectivity index is 2.00. The lowest BCUT2D eigenvalue weighted by Crippen LogP contribution is -2.38. The first-order valence-electron chi connectivity index (χ1n) is 6.17. The molecular formula is C12H24N2O2. The highest BCUT2D eigenvalue weighted by atomic mass is 16.6. The maximum Gasteiger partial charge on any atom is 0.407 e. The average Bonchev–Trinajstić information content (AvgIpc) is 2.62. The fourth-order valence-electron chi connectivity index (χ4n) is 1.88. The maximum absolute atomic E-state index is 11.3. The van der Waals surface area contributed by atoms with Gasteiger partial charge >= 0.3 is 6.09 Å². The van der Waals surface area contributed by atoms with E-state index in [1.165, 1.54) is 25.7 Å². The van der Waals surface area contributed by atoms with E-state index in [4.69, 9.17) is 4.74 Å². The molecule has 94 valence electrons. The summed E-state index contributed by atoms with van der Waals surface area (Å²) in [4.78, 5) is 11.3. The average molecular weight is 228 g/mol. The third-order valence-corrected chi connectivity index (χ3v) is 2.58. The van der Waals surface area contributed by atoms with Gasteiger partial charge in [0.1, 0.15) is 5.60 Å². The molecule has 0 aromatic carbocycles. The van der Waals surface area contributed by atoms with E-state index in [2.05, 4.69) is 10.6 Å². The van der Waals surface area contributed by atoms with Gasteiger partial charge in [0.2, 0.25) is 0 Å². The Kier molecular flexibility index (Phi) is 5.06. The largest absolute Gasteiger partial charge is 0.444 e. The summed E-state index contributed by atoms with van der Waals surface area (Å²) in [6, 6.07) is 0.653. The molecular weight excluding hydrogens is 204 g/mol. The van der Waals surface area contributed by atoms with Gasteiger partial charge in [-0.3, -0.25) is 0 Å². The molecule has 0 aliphatic heterocycles. The second kappa shape index (κ2) is 6.09. The van der Waals surface area contributed by atoms with Crippen LogP contribution in [-0.4, -0.2) is 30.8 Å². The van der Waals surface area contributed by atoms with Crippen LogP contribution in [0.2, 0.25) is 0 Å². The van der Waals surface area contributed by atoms with E-state index in [1.54, 1.807) is 0 Å². The van der Waals surface area contributed by atoms with E-state index in [1.807, 2.05) is 20.8 Å². The van der Waals surface area contributed by atoms with Crippen LogP contribution in [0, 0.1) is 0 Å². The van der Waals surface area contributed by atoms with Crippen molar-refractivity contribution >= 4 is 6.09 Å². The van der Waals surface area contributed by atoms with Crippen LogP contribution in [0.4, 0.5) is 4.79 Å². The molecule has 0 saturated heterocycles. The molecule has 1 rings (SSSR count). The van der Waals surface area contributed by atoms with E-state index in [0.29, 0.717) is 12.6 Å². The Hall–Kier alpha value is -0.770. The van der Waals surface area contributed by atoms with Crippen molar-refractivity contribution in [3.05, 3.63) is 0 Å². The number of hydrogen-bond acceptors (Lipinski definition) is 3. The highest BCUT2D eigenvalue weighted by molar-refractivity contribution is 5.67. The second-order valence-electron chi connectivity index (χ2n) is 5.36. The topological polar surface area (TPSA) is 50.4 Å². The lowest BCUT2D eigenvalue weighted by molar-refractivity contribution is 0.0528. The summed E-state index contributed by atoms with van der Waals surface area (Å²) >= 11 is 0. The molecule has 0 aromatic heterocycles. The molecule has 0 atom stereocenters. The van der Waals surface area contributed by atoms with Crippen molar-refractivity contribution in [3.63, 3.8) is 0 Å². The predicted octanol–water partition coefficient (Wildman–Crippen LogP) is 2.04. The smallest absolute Gasteiger partial charge is 0.407 e. The Morgan fingerprint density at radius 3 is 2.44 bits per heavy atom. The van der Waals surface area contributed by atoms with Gasteiger partial charge in [-0.05, 0) is 33.6 Å². The van der Waals surface area contributed by atoms with Gasteiger partial charge in [-0.25, -0.2) is 4.79 Å². The molecule has 1 saturated carbocycles. The van der Waals surface area contributed by atoms with Crippen LogP contribution >= 0.6 is 0 Å². The first kappa shape index (κ1) is 13.3. The lowest BCUT2D eigenvalue weighted by Gasteiger charge is -2.20. The molecule has 4 nitrogen and oxygen atoms in total. The molecule has 0 heterocycles. The Morgan fingerprint density at radius 1 is 1.25 bits per heavy atom. The lowest BCUT2D eigenvalue weighted by atomic mass is 10.2. The predicted molar refractivity (Wildman–Crippen MR) is 64.5 cm³/mol. The number of alkyl carbamates (subject to hydrolysis) is 1. The van der Waals surface area contributed by atoms with Gasteiger partial charge in [-0.1, -0.05) is 12.8 Å². The van der Waals surface area contributed by atoms with Crippen molar-refractivity contribution in [3.8, 4) is 0 Å². The molecule has 1 amide bonds. The highest BCUT2D eigenvalue weighted by Gasteiger charge is 2.16. The summed E-state index contributed by atoms with van der Waals surface area (Å²) in [5.74, 6) is 0. The minimum absolute atomic E-state index is 0.333. The zero-order valence-corrected chi connectivity index (χ0v) is 10.6. The Morgan fingerprint density at radius 2 is 1.88 bits per heavy atom. The van der Waals surface area contributed by atoms with Gasteiger partial charge in [0, 0.05) is 19.1 Å². The number of hydrogen-bond donors (Lipinski definition) is 2. The van der Waals surface area contributed by atoms with Crippen LogP contribution in [-0.2, 0) is 4.74 Å². The van der Waals surface area contributed by atoms with Gasteiger partial charge in [0.15, 0.2) is 0 Å². The number of carbonyl (C=O) groups is 1. The molecule has 4 heteroatoms. The van der Waals surface area contributed by atoms with Crippen molar-refractivity contribution in [2.75, 3.05) is 13.1 Å². The molecule has 0 bridgehead atoms. The summed E-state index contributed by atoms with van der Waals surface area (Å²) in [6.45, 7) is 7.05. The van der Waals surface area contributed by atoms with Crippen LogP contribution in [0.1, 0.15) is 46.5 Å². The van der Waals surface area contributed by atoms with Gasteiger partial charge in [0.05, 0.1) is 0 Å². The molecule has 0 radical (unpaired) electrons. The minimum Gasteiger partial charge on any atom is -0.444 e. The molecule has 0 unspecified atom stereocenters. The van der Waals surface area contributed by atoms with Crippen LogP contribution in [0.15, 0.2) is 0 Å².